The van der Waals surface area contributed by atoms with Gasteiger partial charge in [-0.05, 0) is 0 Å². The van der Waals surface area contributed by atoms with E-state index in [1.54, 1.807) is 0 Å². The normalized spacial score (nSPS) is 8.50. The minimum atomic E-state index is 0. The van der Waals surface area contributed by atoms with Crippen molar-refractivity contribution in [2.24, 2.45) is 0 Å². The van der Waals surface area contributed by atoms with Crippen LogP contribution in [0.25, 0.3) is 0 Å². The summed E-state index contributed by atoms with van der Waals surface area (Å²) in [6.07, 6.45) is 7.01. The minimum Gasteiger partial charge on any atom is -0.323 e. The van der Waals surface area contributed by atoms with Gasteiger partial charge in [-0.15, -0.1) is 0 Å². The van der Waals surface area contributed by atoms with Crippen LogP contribution in [-0.4, -0.2) is 0 Å². The van der Waals surface area contributed by atoms with Crippen LogP contribution in [0.4, 0.5) is 0 Å². The zero-order valence-electron chi connectivity index (χ0n) is 10.0. The van der Waals surface area contributed by atoms with E-state index in [2.05, 4.69) is 34.6 Å². The average molecular weight is 164 g/mol. The summed E-state index contributed by atoms with van der Waals surface area (Å²) in [5.74, 6) is 1.42. The van der Waals surface area contributed by atoms with Gasteiger partial charge in [0.05, 0.1) is 0 Å². The summed E-state index contributed by atoms with van der Waals surface area (Å²) in [6, 6.07) is 0. The molecule has 0 fully saturated rings. The zero-order chi connectivity index (χ0) is 9.11. The van der Waals surface area contributed by atoms with Crippen LogP contribution in [0.2, 0.25) is 0 Å². The second kappa shape index (κ2) is 17.6. The molecule has 0 heterocycles. The van der Waals surface area contributed by atoms with Crippen molar-refractivity contribution in [3.05, 3.63) is 5.92 Å². The van der Waals surface area contributed by atoms with Gasteiger partial charge in [0, 0.05) is 0 Å². The number of unbranched alkanes of at least 4 members (excludes halogenated alkanes) is 4. The summed E-state index contributed by atoms with van der Waals surface area (Å²) in [4.78, 5) is 0. The molecule has 0 N–H and O–H groups in total. The number of rotatable bonds is 4. The van der Waals surface area contributed by atoms with Gasteiger partial charge in [0.2, 0.25) is 0 Å². The molecule has 0 aliphatic heterocycles. The molecule has 0 aliphatic carbocycles. The minimum absolute atomic E-state index is 0. The Bertz CT molecular complexity index is 44.2. The van der Waals surface area contributed by atoms with Gasteiger partial charge in [0.25, 0.3) is 0 Å². The Kier molecular flexibility index (Phi) is 27.0. The van der Waals surface area contributed by atoms with Gasteiger partial charge < -0.3 is 5.92 Å². The molecular formula is C11H25Li. The molecule has 0 bridgehead atoms. The van der Waals surface area contributed by atoms with E-state index >= 15 is 0 Å². The van der Waals surface area contributed by atoms with Crippen LogP contribution in [0.15, 0.2) is 0 Å². The van der Waals surface area contributed by atoms with Gasteiger partial charge in [-0.3, -0.25) is 0 Å². The zero-order valence-corrected chi connectivity index (χ0v) is 10.0. The first-order chi connectivity index (χ1) is 5.15. The molecule has 0 aromatic rings. The molecule has 0 radical (unpaired) electrons. The summed E-state index contributed by atoms with van der Waals surface area (Å²) in [5.41, 5.74) is 0. The Balaban J connectivity index is -0.000000142. The van der Waals surface area contributed by atoms with Crippen molar-refractivity contribution >= 4 is 0 Å². The van der Waals surface area contributed by atoms with Crippen molar-refractivity contribution in [3.8, 4) is 0 Å². The number of hydrogen-bond acceptors (Lipinski definition) is 0. The third kappa shape index (κ3) is 46.2. The van der Waals surface area contributed by atoms with E-state index in [9.17, 15) is 0 Å². The molecule has 0 spiro atoms. The monoisotopic (exact) mass is 164 g/mol. The summed E-state index contributed by atoms with van der Waals surface area (Å²) in [6.45, 7) is 10.7. The largest absolute Gasteiger partial charge is 1.00 e. The van der Waals surface area contributed by atoms with Crippen LogP contribution in [0.5, 0.6) is 0 Å². The molecule has 0 unspecified atom stereocenters. The summed E-state index contributed by atoms with van der Waals surface area (Å²) >= 11 is 0. The van der Waals surface area contributed by atoms with Crippen molar-refractivity contribution in [2.45, 2.75) is 66.7 Å². The van der Waals surface area contributed by atoms with Crippen LogP contribution in [0.1, 0.15) is 66.7 Å². The third-order valence-corrected chi connectivity index (χ3v) is 1.21. The summed E-state index contributed by atoms with van der Waals surface area (Å²) in [7, 11) is 0. The summed E-state index contributed by atoms with van der Waals surface area (Å²) < 4.78 is 0. The predicted molar refractivity (Wildman–Crippen MR) is 54.7 cm³/mol. The molecule has 0 atom stereocenters. The van der Waals surface area contributed by atoms with E-state index in [-0.39, 0.29) is 18.9 Å². The first-order valence-electron chi connectivity index (χ1n) is 4.91. The van der Waals surface area contributed by atoms with Gasteiger partial charge in [-0.1, -0.05) is 46.0 Å². The molecule has 0 aromatic heterocycles. The first kappa shape index (κ1) is 18.4. The van der Waals surface area contributed by atoms with Crippen LogP contribution in [-0.2, 0) is 0 Å². The van der Waals surface area contributed by atoms with Crippen LogP contribution in [0, 0.1) is 5.92 Å². The fraction of sp³-hybridized carbons (Fsp3) is 0.909. The van der Waals surface area contributed by atoms with E-state index in [1.165, 1.54) is 38.0 Å². The van der Waals surface area contributed by atoms with E-state index in [1.807, 2.05) is 0 Å². The van der Waals surface area contributed by atoms with Crippen molar-refractivity contribution in [1.29, 1.82) is 0 Å². The van der Waals surface area contributed by atoms with Gasteiger partial charge in [0.1, 0.15) is 0 Å². The van der Waals surface area contributed by atoms with Gasteiger partial charge >= 0.3 is 18.9 Å². The molecule has 0 amide bonds. The Morgan fingerprint density at radius 2 is 1.00 bits per heavy atom. The summed E-state index contributed by atoms with van der Waals surface area (Å²) in [5, 5.41) is 0. The molecule has 0 saturated heterocycles. The van der Waals surface area contributed by atoms with Crippen molar-refractivity contribution in [3.63, 3.8) is 0 Å². The van der Waals surface area contributed by atoms with Gasteiger partial charge in [-0.25, -0.2) is 0 Å². The van der Waals surface area contributed by atoms with Crippen LogP contribution >= 0.6 is 0 Å². The quantitative estimate of drug-likeness (QED) is 0.336. The second-order valence-electron chi connectivity index (χ2n) is 3.56. The fourth-order valence-corrected chi connectivity index (χ4v) is 0.677. The van der Waals surface area contributed by atoms with Crippen molar-refractivity contribution in [1.82, 2.24) is 0 Å². The molecule has 0 aliphatic rings. The Morgan fingerprint density at radius 3 is 1.17 bits per heavy atom. The topological polar surface area (TPSA) is 0 Å². The average Bonchev–Trinajstić information content (AvgIpc) is 1.88. The molecule has 0 saturated carbocycles. The van der Waals surface area contributed by atoms with E-state index in [0.29, 0.717) is 0 Å². The molecule has 70 valence electrons. The molecule has 12 heavy (non-hydrogen) atoms. The van der Waals surface area contributed by atoms with E-state index in [4.69, 9.17) is 0 Å². The smallest absolute Gasteiger partial charge is 0.323 e. The Morgan fingerprint density at radius 1 is 0.750 bits per heavy atom. The third-order valence-electron chi connectivity index (χ3n) is 1.21. The molecule has 0 aromatic carbocycles. The van der Waals surface area contributed by atoms with Gasteiger partial charge in [0.15, 0.2) is 0 Å². The SMILES string of the molecule is CCCCCCC.C[C-](C)C.[Li+]. The maximum Gasteiger partial charge on any atom is 1.00 e. The van der Waals surface area contributed by atoms with Crippen LogP contribution < -0.4 is 18.9 Å². The molecule has 0 rings (SSSR count). The van der Waals surface area contributed by atoms with E-state index < -0.39 is 0 Å². The van der Waals surface area contributed by atoms with E-state index in [0.717, 1.165) is 0 Å². The first-order valence-corrected chi connectivity index (χ1v) is 4.91. The van der Waals surface area contributed by atoms with Crippen molar-refractivity contribution < 1.29 is 18.9 Å². The predicted octanol–water partition coefficient (Wildman–Crippen LogP) is 1.60. The fourth-order valence-electron chi connectivity index (χ4n) is 0.677. The second-order valence-corrected chi connectivity index (χ2v) is 3.56. The molecular weight excluding hydrogens is 139 g/mol. The number of hydrogen-bond donors (Lipinski definition) is 0. The van der Waals surface area contributed by atoms with Crippen LogP contribution in [0.3, 0.4) is 0 Å². The molecule has 0 nitrogen and oxygen atoms in total. The standard InChI is InChI=1S/C7H16.C4H9.Li/c1-3-5-7-6-4-2;1-4(2)3;/h3-7H2,1-2H3;1-3H3;/q;-1;+1. The Labute approximate surface area is 91.7 Å². The van der Waals surface area contributed by atoms with Crippen molar-refractivity contribution in [2.75, 3.05) is 0 Å². The maximum absolute atomic E-state index is 2.25. The van der Waals surface area contributed by atoms with Gasteiger partial charge in [-0.2, -0.15) is 20.8 Å². The maximum atomic E-state index is 2.25. The molecule has 1 heteroatoms. The Hall–Kier alpha value is 0.597.